The first-order valence-corrected chi connectivity index (χ1v) is 6.71. The molecule has 0 atom stereocenters. The highest BCUT2D eigenvalue weighted by molar-refractivity contribution is 5.64. The van der Waals surface area contributed by atoms with Crippen molar-refractivity contribution >= 4 is 0 Å². The molecule has 0 unspecified atom stereocenters. The average Bonchev–Trinajstić information content (AvgIpc) is 2.99. The van der Waals surface area contributed by atoms with Crippen molar-refractivity contribution < 1.29 is 0 Å². The fraction of sp³-hybridized carbons (Fsp3) is 0.118. The first-order chi connectivity index (χ1) is 9.86. The van der Waals surface area contributed by atoms with Crippen molar-refractivity contribution in [2.45, 2.75) is 6.54 Å². The molecule has 0 saturated carbocycles. The van der Waals surface area contributed by atoms with Gasteiger partial charge in [0.1, 0.15) is 5.82 Å². The van der Waals surface area contributed by atoms with Gasteiger partial charge in [0.05, 0.1) is 11.9 Å². The van der Waals surface area contributed by atoms with E-state index in [0.717, 1.165) is 29.2 Å². The summed E-state index contributed by atoms with van der Waals surface area (Å²) in [7, 11) is 1.95. The van der Waals surface area contributed by atoms with Gasteiger partial charge in [-0.1, -0.05) is 54.6 Å². The monoisotopic (exact) mass is 263 g/mol. The Balaban J connectivity index is 1.86. The molecule has 1 heterocycles. The fourth-order valence-corrected chi connectivity index (χ4v) is 2.22. The maximum Gasteiger partial charge on any atom is 0.137 e. The number of hydrogen-bond donors (Lipinski definition) is 2. The molecule has 2 N–H and O–H groups in total. The molecule has 3 heteroatoms. The van der Waals surface area contributed by atoms with Crippen LogP contribution in [-0.4, -0.2) is 17.0 Å². The number of rotatable bonds is 4. The number of imidazole rings is 1. The van der Waals surface area contributed by atoms with Crippen molar-refractivity contribution in [3.05, 3.63) is 66.4 Å². The number of benzene rings is 2. The van der Waals surface area contributed by atoms with Gasteiger partial charge in [0.15, 0.2) is 0 Å². The lowest BCUT2D eigenvalue weighted by Crippen LogP contribution is -2.04. The van der Waals surface area contributed by atoms with Gasteiger partial charge >= 0.3 is 0 Å². The minimum Gasteiger partial charge on any atom is -0.338 e. The summed E-state index contributed by atoms with van der Waals surface area (Å²) in [6.45, 7) is 0.887. The Kier molecular flexibility index (Phi) is 3.61. The highest BCUT2D eigenvalue weighted by Gasteiger charge is 2.04. The largest absolute Gasteiger partial charge is 0.338 e. The second-order valence-corrected chi connectivity index (χ2v) is 4.74. The van der Waals surface area contributed by atoms with Crippen LogP contribution in [0.15, 0.2) is 60.8 Å². The third kappa shape index (κ3) is 2.63. The van der Waals surface area contributed by atoms with Crippen LogP contribution in [0, 0.1) is 0 Å². The molecule has 0 fully saturated rings. The van der Waals surface area contributed by atoms with E-state index in [4.69, 9.17) is 0 Å². The quantitative estimate of drug-likeness (QED) is 0.756. The van der Waals surface area contributed by atoms with Crippen LogP contribution in [0.5, 0.6) is 0 Å². The Bertz CT molecular complexity index is 669. The smallest absolute Gasteiger partial charge is 0.137 e. The van der Waals surface area contributed by atoms with E-state index in [2.05, 4.69) is 51.7 Å². The van der Waals surface area contributed by atoms with Crippen molar-refractivity contribution in [2.24, 2.45) is 0 Å². The second-order valence-electron chi connectivity index (χ2n) is 4.74. The molecule has 3 rings (SSSR count). The summed E-state index contributed by atoms with van der Waals surface area (Å²) in [5, 5.41) is 3.15. The summed E-state index contributed by atoms with van der Waals surface area (Å²) >= 11 is 0. The zero-order chi connectivity index (χ0) is 13.8. The maximum absolute atomic E-state index is 4.45. The van der Waals surface area contributed by atoms with Crippen LogP contribution in [0.25, 0.3) is 22.6 Å². The van der Waals surface area contributed by atoms with Crippen LogP contribution in [0.2, 0.25) is 0 Å². The van der Waals surface area contributed by atoms with Gasteiger partial charge in [-0.2, -0.15) is 0 Å². The topological polar surface area (TPSA) is 40.7 Å². The predicted molar refractivity (Wildman–Crippen MR) is 82.2 cm³/mol. The van der Waals surface area contributed by atoms with Crippen molar-refractivity contribution in [1.29, 1.82) is 0 Å². The summed E-state index contributed by atoms with van der Waals surface area (Å²) in [4.78, 5) is 7.82. The third-order valence-corrected chi connectivity index (χ3v) is 3.27. The molecule has 2 aromatic carbocycles. The number of hydrogen-bond acceptors (Lipinski definition) is 2. The van der Waals surface area contributed by atoms with E-state index >= 15 is 0 Å². The number of aromatic amines is 1. The highest BCUT2D eigenvalue weighted by Crippen LogP contribution is 2.22. The zero-order valence-electron chi connectivity index (χ0n) is 11.4. The fourth-order valence-electron chi connectivity index (χ4n) is 2.22. The van der Waals surface area contributed by atoms with Crippen LogP contribution < -0.4 is 5.32 Å². The lowest BCUT2D eigenvalue weighted by molar-refractivity contribution is 0.818. The lowest BCUT2D eigenvalue weighted by Gasteiger charge is -2.02. The number of H-pyrrole nitrogens is 1. The molecule has 0 aliphatic carbocycles. The molecule has 0 bridgehead atoms. The van der Waals surface area contributed by atoms with Gasteiger partial charge in [-0.25, -0.2) is 4.98 Å². The van der Waals surface area contributed by atoms with Crippen LogP contribution in [-0.2, 0) is 6.54 Å². The molecule has 20 heavy (non-hydrogen) atoms. The molecule has 0 amide bonds. The first kappa shape index (κ1) is 12.6. The van der Waals surface area contributed by atoms with Gasteiger partial charge in [0, 0.05) is 12.1 Å². The van der Waals surface area contributed by atoms with E-state index in [1.165, 1.54) is 5.56 Å². The van der Waals surface area contributed by atoms with Gasteiger partial charge in [0.25, 0.3) is 0 Å². The predicted octanol–water partition coefficient (Wildman–Crippen LogP) is 3.46. The number of nitrogens with one attached hydrogen (secondary N) is 2. The lowest BCUT2D eigenvalue weighted by atomic mass is 10.1. The Morgan fingerprint density at radius 3 is 2.40 bits per heavy atom. The molecule has 0 saturated heterocycles. The van der Waals surface area contributed by atoms with E-state index in [-0.39, 0.29) is 0 Å². The van der Waals surface area contributed by atoms with Gasteiger partial charge in [-0.05, 0) is 18.2 Å². The minimum atomic E-state index is 0.887. The van der Waals surface area contributed by atoms with Crippen molar-refractivity contribution in [1.82, 2.24) is 15.3 Å². The van der Waals surface area contributed by atoms with Gasteiger partial charge in [0.2, 0.25) is 0 Å². The number of aromatic nitrogens is 2. The third-order valence-electron chi connectivity index (χ3n) is 3.27. The van der Waals surface area contributed by atoms with Crippen LogP contribution in [0.1, 0.15) is 5.56 Å². The second kappa shape index (κ2) is 5.72. The molecule has 3 aromatic rings. The van der Waals surface area contributed by atoms with Gasteiger partial charge < -0.3 is 10.3 Å². The van der Waals surface area contributed by atoms with Crippen molar-refractivity contribution in [2.75, 3.05) is 7.05 Å². The summed E-state index contributed by atoms with van der Waals surface area (Å²) < 4.78 is 0. The molecule has 1 aromatic heterocycles. The van der Waals surface area contributed by atoms with E-state index in [1.54, 1.807) is 0 Å². The van der Waals surface area contributed by atoms with E-state index in [1.807, 2.05) is 31.4 Å². The van der Waals surface area contributed by atoms with E-state index in [0.29, 0.717) is 0 Å². The summed E-state index contributed by atoms with van der Waals surface area (Å²) in [5.74, 6) is 0.903. The summed E-state index contributed by atoms with van der Waals surface area (Å²) in [6.07, 6.45) is 1.88. The van der Waals surface area contributed by atoms with Gasteiger partial charge in [-0.15, -0.1) is 0 Å². The molecule has 100 valence electrons. The molecule has 3 nitrogen and oxygen atoms in total. The average molecular weight is 263 g/mol. The zero-order valence-corrected chi connectivity index (χ0v) is 11.4. The Morgan fingerprint density at radius 2 is 1.70 bits per heavy atom. The SMILES string of the molecule is CNCc1ccc(-c2cnc(-c3ccccc3)[nH]2)cc1. The molecular weight excluding hydrogens is 246 g/mol. The first-order valence-electron chi connectivity index (χ1n) is 6.71. The maximum atomic E-state index is 4.45. The molecular formula is C17H17N3. The van der Waals surface area contributed by atoms with Gasteiger partial charge in [-0.3, -0.25) is 0 Å². The standard InChI is InChI=1S/C17H17N3/c1-18-11-13-7-9-14(10-8-13)16-12-19-17(20-16)15-5-3-2-4-6-15/h2-10,12,18H,11H2,1H3,(H,19,20). The summed E-state index contributed by atoms with van der Waals surface area (Å²) in [5.41, 5.74) is 4.57. The van der Waals surface area contributed by atoms with Crippen LogP contribution >= 0.6 is 0 Å². The number of nitrogens with zero attached hydrogens (tertiary/aromatic N) is 1. The Morgan fingerprint density at radius 1 is 0.950 bits per heavy atom. The Labute approximate surface area is 118 Å². The van der Waals surface area contributed by atoms with Crippen LogP contribution in [0.3, 0.4) is 0 Å². The van der Waals surface area contributed by atoms with Crippen molar-refractivity contribution in [3.63, 3.8) is 0 Å². The van der Waals surface area contributed by atoms with E-state index < -0.39 is 0 Å². The van der Waals surface area contributed by atoms with Crippen LogP contribution in [0.4, 0.5) is 0 Å². The molecule has 0 radical (unpaired) electrons. The molecule has 0 spiro atoms. The molecule has 0 aliphatic heterocycles. The minimum absolute atomic E-state index is 0.887. The Hall–Kier alpha value is -2.39. The normalized spacial score (nSPS) is 10.7. The van der Waals surface area contributed by atoms with Crippen molar-refractivity contribution in [3.8, 4) is 22.6 Å². The molecule has 0 aliphatic rings. The summed E-state index contributed by atoms with van der Waals surface area (Å²) in [6, 6.07) is 18.7. The van der Waals surface area contributed by atoms with E-state index in [9.17, 15) is 0 Å². The highest BCUT2D eigenvalue weighted by atomic mass is 14.9.